The molecular weight excluding hydrogens is 244 g/mol. The number of anilines is 1. The molecule has 0 amide bonds. The minimum atomic E-state index is 0.159. The summed E-state index contributed by atoms with van der Waals surface area (Å²) in [5.74, 6) is 1.58. The first-order valence-electron chi connectivity index (χ1n) is 7.86. The molecule has 0 spiro atoms. The fourth-order valence-electron chi connectivity index (χ4n) is 2.85. The molecule has 1 heterocycles. The summed E-state index contributed by atoms with van der Waals surface area (Å²) in [6.07, 6.45) is 0. The van der Waals surface area contributed by atoms with E-state index < -0.39 is 0 Å². The molecule has 2 rings (SSSR count). The van der Waals surface area contributed by atoms with Gasteiger partial charge in [-0.25, -0.2) is 0 Å². The Balaban J connectivity index is 2.20. The van der Waals surface area contributed by atoms with E-state index in [1.807, 2.05) is 0 Å². The van der Waals surface area contributed by atoms with Crippen molar-refractivity contribution < 1.29 is 0 Å². The molecule has 0 bridgehead atoms. The van der Waals surface area contributed by atoms with Crippen LogP contribution in [0.3, 0.4) is 0 Å². The highest BCUT2D eigenvalue weighted by molar-refractivity contribution is 5.56. The van der Waals surface area contributed by atoms with Crippen molar-refractivity contribution in [3.8, 4) is 0 Å². The Labute approximate surface area is 124 Å². The lowest BCUT2D eigenvalue weighted by Gasteiger charge is -2.26. The molecule has 2 nitrogen and oxygen atoms in total. The van der Waals surface area contributed by atoms with E-state index >= 15 is 0 Å². The van der Waals surface area contributed by atoms with Gasteiger partial charge in [-0.05, 0) is 51.2 Å². The highest BCUT2D eigenvalue weighted by atomic mass is 15.2. The molecule has 112 valence electrons. The van der Waals surface area contributed by atoms with Crippen molar-refractivity contribution in [2.24, 2.45) is 11.8 Å². The lowest BCUT2D eigenvalue weighted by Crippen LogP contribution is -2.35. The summed E-state index contributed by atoms with van der Waals surface area (Å²) in [7, 11) is 0. The van der Waals surface area contributed by atoms with Crippen LogP contribution in [0, 0.1) is 18.8 Å². The average Bonchev–Trinajstić information content (AvgIpc) is 2.66. The zero-order valence-corrected chi connectivity index (χ0v) is 14.0. The zero-order valence-electron chi connectivity index (χ0n) is 14.0. The fraction of sp³-hybridized carbons (Fsp3) is 0.667. The molecule has 2 unspecified atom stereocenters. The van der Waals surface area contributed by atoms with Crippen molar-refractivity contribution in [2.45, 2.75) is 53.6 Å². The van der Waals surface area contributed by atoms with E-state index in [0.717, 1.165) is 18.4 Å². The second kappa shape index (κ2) is 5.77. The van der Waals surface area contributed by atoms with Gasteiger partial charge in [-0.1, -0.05) is 31.5 Å². The van der Waals surface area contributed by atoms with Gasteiger partial charge in [-0.15, -0.1) is 0 Å². The number of benzene rings is 1. The summed E-state index contributed by atoms with van der Waals surface area (Å²) >= 11 is 0. The predicted molar refractivity (Wildman–Crippen MR) is 88.3 cm³/mol. The van der Waals surface area contributed by atoms with Crippen LogP contribution >= 0.6 is 0 Å². The standard InChI is InChI=1S/C18H30N2/c1-13-7-8-17(20-11-14(2)15(3)12-20)16(9-13)10-19-18(4,5)6/h7-9,14-15,19H,10-12H2,1-6H3. The van der Waals surface area contributed by atoms with Crippen LogP contribution in [-0.2, 0) is 6.54 Å². The number of rotatable bonds is 3. The van der Waals surface area contributed by atoms with Crippen LogP contribution in [0.5, 0.6) is 0 Å². The van der Waals surface area contributed by atoms with E-state index in [9.17, 15) is 0 Å². The maximum Gasteiger partial charge on any atom is 0.0412 e. The van der Waals surface area contributed by atoms with Gasteiger partial charge in [0.15, 0.2) is 0 Å². The normalized spacial score (nSPS) is 23.4. The molecule has 2 atom stereocenters. The van der Waals surface area contributed by atoms with Crippen molar-refractivity contribution in [3.63, 3.8) is 0 Å². The number of aryl methyl sites for hydroxylation is 1. The van der Waals surface area contributed by atoms with Gasteiger partial charge in [0.1, 0.15) is 0 Å². The lowest BCUT2D eigenvalue weighted by molar-refractivity contribution is 0.424. The summed E-state index contributed by atoms with van der Waals surface area (Å²) in [5, 5.41) is 3.63. The van der Waals surface area contributed by atoms with Gasteiger partial charge in [0.25, 0.3) is 0 Å². The molecule has 2 heteroatoms. The highest BCUT2D eigenvalue weighted by Gasteiger charge is 2.27. The first-order valence-corrected chi connectivity index (χ1v) is 7.86. The molecule has 0 radical (unpaired) electrons. The Morgan fingerprint density at radius 3 is 2.30 bits per heavy atom. The van der Waals surface area contributed by atoms with E-state index in [0.29, 0.717) is 0 Å². The van der Waals surface area contributed by atoms with Crippen molar-refractivity contribution >= 4 is 5.69 Å². The summed E-state index contributed by atoms with van der Waals surface area (Å²) in [4.78, 5) is 2.56. The maximum atomic E-state index is 3.63. The largest absolute Gasteiger partial charge is 0.371 e. The molecule has 1 aliphatic rings. The molecule has 1 aliphatic heterocycles. The number of nitrogens with zero attached hydrogens (tertiary/aromatic N) is 1. The van der Waals surface area contributed by atoms with Crippen molar-refractivity contribution in [1.82, 2.24) is 5.32 Å². The Morgan fingerprint density at radius 1 is 1.15 bits per heavy atom. The number of hydrogen-bond donors (Lipinski definition) is 1. The average molecular weight is 274 g/mol. The Bertz CT molecular complexity index is 449. The van der Waals surface area contributed by atoms with Crippen LogP contribution in [0.1, 0.15) is 45.7 Å². The predicted octanol–water partition coefficient (Wildman–Crippen LogP) is 3.98. The van der Waals surface area contributed by atoms with Crippen LogP contribution < -0.4 is 10.2 Å². The third-order valence-electron chi connectivity index (χ3n) is 4.37. The van der Waals surface area contributed by atoms with Crippen LogP contribution in [0.4, 0.5) is 5.69 Å². The van der Waals surface area contributed by atoms with Gasteiger partial charge in [-0.3, -0.25) is 0 Å². The monoisotopic (exact) mass is 274 g/mol. The van der Waals surface area contributed by atoms with E-state index in [4.69, 9.17) is 0 Å². The van der Waals surface area contributed by atoms with Gasteiger partial charge < -0.3 is 10.2 Å². The molecular formula is C18H30N2. The quantitative estimate of drug-likeness (QED) is 0.897. The Kier molecular flexibility index (Phi) is 4.43. The van der Waals surface area contributed by atoms with E-state index in [2.05, 4.69) is 70.0 Å². The van der Waals surface area contributed by atoms with Gasteiger partial charge in [-0.2, -0.15) is 0 Å². The number of nitrogens with one attached hydrogen (secondary N) is 1. The Morgan fingerprint density at radius 2 is 1.75 bits per heavy atom. The third-order valence-corrected chi connectivity index (χ3v) is 4.37. The molecule has 1 fully saturated rings. The summed E-state index contributed by atoms with van der Waals surface area (Å²) in [6.45, 7) is 16.9. The fourth-order valence-corrected chi connectivity index (χ4v) is 2.85. The van der Waals surface area contributed by atoms with Crippen LogP contribution in [-0.4, -0.2) is 18.6 Å². The highest BCUT2D eigenvalue weighted by Crippen LogP contribution is 2.30. The molecule has 1 N–H and O–H groups in total. The third kappa shape index (κ3) is 3.76. The van der Waals surface area contributed by atoms with E-state index in [1.165, 1.54) is 29.9 Å². The van der Waals surface area contributed by atoms with E-state index in [1.54, 1.807) is 0 Å². The van der Waals surface area contributed by atoms with Crippen molar-refractivity contribution in [3.05, 3.63) is 29.3 Å². The minimum Gasteiger partial charge on any atom is -0.371 e. The van der Waals surface area contributed by atoms with Gasteiger partial charge >= 0.3 is 0 Å². The topological polar surface area (TPSA) is 15.3 Å². The lowest BCUT2D eigenvalue weighted by atomic mass is 10.0. The van der Waals surface area contributed by atoms with Crippen LogP contribution in [0.15, 0.2) is 18.2 Å². The summed E-state index contributed by atoms with van der Waals surface area (Å²) in [5.41, 5.74) is 4.36. The molecule has 20 heavy (non-hydrogen) atoms. The molecule has 1 aromatic rings. The number of hydrogen-bond acceptors (Lipinski definition) is 2. The van der Waals surface area contributed by atoms with E-state index in [-0.39, 0.29) is 5.54 Å². The SMILES string of the molecule is Cc1ccc(N2CC(C)C(C)C2)c(CNC(C)(C)C)c1. The molecule has 0 aliphatic carbocycles. The molecule has 0 saturated carbocycles. The second-order valence-electron chi connectivity index (χ2n) is 7.60. The van der Waals surface area contributed by atoms with Crippen molar-refractivity contribution in [2.75, 3.05) is 18.0 Å². The van der Waals surface area contributed by atoms with Crippen LogP contribution in [0.25, 0.3) is 0 Å². The summed E-state index contributed by atoms with van der Waals surface area (Å²) < 4.78 is 0. The van der Waals surface area contributed by atoms with Gasteiger partial charge in [0.05, 0.1) is 0 Å². The van der Waals surface area contributed by atoms with Gasteiger partial charge in [0.2, 0.25) is 0 Å². The van der Waals surface area contributed by atoms with Gasteiger partial charge in [0, 0.05) is 30.9 Å². The first-order chi connectivity index (χ1) is 9.26. The molecule has 1 saturated heterocycles. The molecule has 0 aromatic heterocycles. The summed E-state index contributed by atoms with van der Waals surface area (Å²) in [6, 6.07) is 6.88. The minimum absolute atomic E-state index is 0.159. The molecule has 1 aromatic carbocycles. The first kappa shape index (κ1) is 15.4. The second-order valence-corrected chi connectivity index (χ2v) is 7.60. The zero-order chi connectivity index (χ0) is 14.9. The smallest absolute Gasteiger partial charge is 0.0412 e. The Hall–Kier alpha value is -1.02. The van der Waals surface area contributed by atoms with Crippen molar-refractivity contribution in [1.29, 1.82) is 0 Å². The van der Waals surface area contributed by atoms with Crippen LogP contribution in [0.2, 0.25) is 0 Å². The maximum absolute atomic E-state index is 3.63.